The monoisotopic (exact) mass is 549 g/mol. The molecular weight excluding hydrogens is 515 g/mol. The lowest BCUT2D eigenvalue weighted by Crippen LogP contribution is -2.27. The van der Waals surface area contributed by atoms with Crippen molar-refractivity contribution in [1.29, 1.82) is 0 Å². The molecule has 2 aromatic carbocycles. The van der Waals surface area contributed by atoms with Gasteiger partial charge >= 0.3 is 6.18 Å². The molecule has 11 heteroatoms. The van der Waals surface area contributed by atoms with Gasteiger partial charge in [0.2, 0.25) is 11.8 Å². The highest BCUT2D eigenvalue weighted by Gasteiger charge is 2.30. The number of anilines is 1. The molecule has 0 heterocycles. The number of aliphatic hydroxyl groups excluding tert-OH is 1. The number of halogens is 3. The van der Waals surface area contributed by atoms with Crippen LogP contribution in [0.3, 0.4) is 0 Å². The van der Waals surface area contributed by atoms with Crippen LogP contribution in [0.5, 0.6) is 0 Å². The number of amides is 2. The first-order valence-corrected chi connectivity index (χ1v) is 12.5. The number of methoxy groups -OCH3 is 1. The molecule has 2 amide bonds. The van der Waals surface area contributed by atoms with E-state index < -0.39 is 11.7 Å². The van der Waals surface area contributed by atoms with E-state index >= 15 is 0 Å². The fraction of sp³-hybridized carbons (Fsp3) is 0.393. The second kappa shape index (κ2) is 16.2. The van der Waals surface area contributed by atoms with Crippen LogP contribution in [0.15, 0.2) is 60.3 Å². The maximum atomic E-state index is 12.9. The van der Waals surface area contributed by atoms with Crippen molar-refractivity contribution in [3.63, 3.8) is 0 Å². The largest absolute Gasteiger partial charge is 0.508 e. The highest BCUT2D eigenvalue weighted by molar-refractivity contribution is 6.00. The molecule has 2 aromatic rings. The number of rotatable bonds is 16. The van der Waals surface area contributed by atoms with Crippen molar-refractivity contribution in [2.45, 2.75) is 44.7 Å². The molecule has 39 heavy (non-hydrogen) atoms. The van der Waals surface area contributed by atoms with Crippen molar-refractivity contribution < 1.29 is 37.4 Å². The average Bonchev–Trinajstić information content (AvgIpc) is 2.89. The number of aliphatic hydroxyl groups is 1. The number of ether oxygens (including phenoxy) is 1. The molecule has 0 saturated heterocycles. The van der Waals surface area contributed by atoms with Gasteiger partial charge in [-0.05, 0) is 67.6 Å². The van der Waals surface area contributed by atoms with E-state index in [-0.39, 0.29) is 43.6 Å². The second-order valence-corrected chi connectivity index (χ2v) is 8.67. The molecule has 0 fully saturated rings. The Morgan fingerprint density at radius 3 is 2.15 bits per heavy atom. The SMILES string of the molecule is C=C(O)c1ccc(NC(=O)CCCC(=O)NCCO/N=C(/CCCCOC)c2ccc(C(F)(F)F)cc2)cc1. The van der Waals surface area contributed by atoms with Gasteiger partial charge in [-0.15, -0.1) is 0 Å². The maximum absolute atomic E-state index is 12.9. The number of alkyl halides is 3. The van der Waals surface area contributed by atoms with Gasteiger partial charge in [0, 0.05) is 37.8 Å². The molecule has 0 aliphatic carbocycles. The van der Waals surface area contributed by atoms with Crippen LogP contribution in [0.2, 0.25) is 0 Å². The van der Waals surface area contributed by atoms with Crippen LogP contribution >= 0.6 is 0 Å². The highest BCUT2D eigenvalue weighted by atomic mass is 19.4. The van der Waals surface area contributed by atoms with Crippen molar-refractivity contribution >= 4 is 29.0 Å². The number of nitrogens with one attached hydrogen (secondary N) is 2. The summed E-state index contributed by atoms with van der Waals surface area (Å²) in [7, 11) is 1.59. The molecule has 3 N–H and O–H groups in total. The van der Waals surface area contributed by atoms with Crippen molar-refractivity contribution in [2.75, 3.05) is 32.2 Å². The van der Waals surface area contributed by atoms with Crippen molar-refractivity contribution in [1.82, 2.24) is 5.32 Å². The fourth-order valence-corrected chi connectivity index (χ4v) is 3.46. The summed E-state index contributed by atoms with van der Waals surface area (Å²) in [6.07, 6.45) is -1.80. The van der Waals surface area contributed by atoms with Gasteiger partial charge < -0.3 is 25.3 Å². The first-order valence-electron chi connectivity index (χ1n) is 12.5. The number of nitrogens with zero attached hydrogens (tertiary/aromatic N) is 1. The zero-order valence-corrected chi connectivity index (χ0v) is 21.9. The zero-order chi connectivity index (χ0) is 28.7. The first-order chi connectivity index (χ1) is 18.6. The van der Waals surface area contributed by atoms with Crippen LogP contribution in [0, 0.1) is 0 Å². The molecular formula is C28H34F3N3O5. The number of benzene rings is 2. The van der Waals surface area contributed by atoms with Crippen LogP contribution in [0.25, 0.3) is 5.76 Å². The topological polar surface area (TPSA) is 109 Å². The van der Waals surface area contributed by atoms with Crippen LogP contribution in [-0.4, -0.2) is 49.5 Å². The second-order valence-electron chi connectivity index (χ2n) is 8.67. The molecule has 2 rings (SSSR count). The minimum absolute atomic E-state index is 0.0615. The van der Waals surface area contributed by atoms with Crippen LogP contribution in [-0.2, 0) is 25.3 Å². The summed E-state index contributed by atoms with van der Waals surface area (Å²) in [5, 5.41) is 18.8. The van der Waals surface area contributed by atoms with Gasteiger partial charge in [-0.25, -0.2) is 0 Å². The smallest absolute Gasteiger partial charge is 0.416 e. The quantitative estimate of drug-likeness (QED) is 0.108. The Morgan fingerprint density at radius 1 is 0.897 bits per heavy atom. The van der Waals surface area contributed by atoms with E-state index in [0.717, 1.165) is 18.6 Å². The molecule has 212 valence electrons. The fourth-order valence-electron chi connectivity index (χ4n) is 3.46. The molecule has 0 atom stereocenters. The number of hydrogen-bond donors (Lipinski definition) is 3. The number of carbonyl (C=O) groups is 2. The predicted octanol–water partition coefficient (Wildman–Crippen LogP) is 5.70. The molecule has 0 aliphatic heterocycles. The lowest BCUT2D eigenvalue weighted by molar-refractivity contribution is -0.137. The van der Waals surface area contributed by atoms with Gasteiger partial charge in [0.05, 0.1) is 17.8 Å². The first kappa shape index (κ1) is 31.4. The van der Waals surface area contributed by atoms with Gasteiger partial charge in [-0.2, -0.15) is 13.2 Å². The van der Waals surface area contributed by atoms with Crippen molar-refractivity contribution in [2.24, 2.45) is 5.16 Å². The van der Waals surface area contributed by atoms with Crippen LogP contribution < -0.4 is 10.6 Å². The van der Waals surface area contributed by atoms with Gasteiger partial charge in [-0.3, -0.25) is 9.59 Å². The van der Waals surface area contributed by atoms with E-state index in [9.17, 15) is 27.9 Å². The zero-order valence-electron chi connectivity index (χ0n) is 21.9. The number of carbonyl (C=O) groups excluding carboxylic acids is 2. The number of oxime groups is 1. The van der Waals surface area contributed by atoms with Crippen LogP contribution in [0.4, 0.5) is 18.9 Å². The van der Waals surface area contributed by atoms with Gasteiger partial charge in [0.15, 0.2) is 0 Å². The minimum Gasteiger partial charge on any atom is -0.508 e. The third-order valence-electron chi connectivity index (χ3n) is 5.56. The Labute approximate surface area is 225 Å². The summed E-state index contributed by atoms with van der Waals surface area (Å²) in [5.74, 6) is -0.547. The average molecular weight is 550 g/mol. The van der Waals surface area contributed by atoms with Crippen molar-refractivity contribution in [3.05, 3.63) is 71.8 Å². The van der Waals surface area contributed by atoms with Gasteiger partial charge in [-0.1, -0.05) is 23.9 Å². The Balaban J connectivity index is 1.73. The summed E-state index contributed by atoms with van der Waals surface area (Å²) in [6, 6.07) is 11.3. The molecule has 8 nitrogen and oxygen atoms in total. The Kier molecular flexibility index (Phi) is 13.0. The maximum Gasteiger partial charge on any atom is 0.416 e. The third kappa shape index (κ3) is 12.0. The van der Waals surface area contributed by atoms with Crippen molar-refractivity contribution in [3.8, 4) is 0 Å². The molecule has 0 bridgehead atoms. The summed E-state index contributed by atoms with van der Waals surface area (Å²) in [4.78, 5) is 29.4. The highest BCUT2D eigenvalue weighted by Crippen LogP contribution is 2.29. The number of hydrogen-bond acceptors (Lipinski definition) is 6. The summed E-state index contributed by atoms with van der Waals surface area (Å²) in [5.41, 5.74) is 1.42. The Bertz CT molecular complexity index is 1100. The van der Waals surface area contributed by atoms with Crippen LogP contribution in [0.1, 0.15) is 55.2 Å². The molecule has 0 aromatic heterocycles. The van der Waals surface area contributed by atoms with Gasteiger partial charge in [0.25, 0.3) is 0 Å². The van der Waals surface area contributed by atoms with E-state index in [1.165, 1.54) is 12.1 Å². The summed E-state index contributed by atoms with van der Waals surface area (Å²) >= 11 is 0. The van der Waals surface area contributed by atoms with E-state index in [4.69, 9.17) is 9.57 Å². The third-order valence-corrected chi connectivity index (χ3v) is 5.56. The van der Waals surface area contributed by atoms with E-state index in [1.807, 2.05) is 0 Å². The number of unbranched alkanes of at least 4 members (excludes halogenated alkanes) is 1. The molecule has 0 radical (unpaired) electrons. The molecule has 0 spiro atoms. The normalized spacial score (nSPS) is 11.6. The standard InChI is InChI=1S/C28H34F3N3O5/c1-20(35)21-11-15-24(16-12-21)33-27(37)8-5-7-26(36)32-17-19-39-34-25(6-3-4-18-38-2)22-9-13-23(14-10-22)28(29,30)31/h9-16,35H,1,3-8,17-19H2,2H3,(H,32,36)(H,33,37)/b34-25-. The predicted molar refractivity (Wildman–Crippen MR) is 143 cm³/mol. The van der Waals surface area contributed by atoms with E-state index in [1.54, 1.807) is 31.4 Å². The lowest BCUT2D eigenvalue weighted by atomic mass is 10.0. The lowest BCUT2D eigenvalue weighted by Gasteiger charge is -2.10. The van der Waals surface area contributed by atoms with E-state index in [2.05, 4.69) is 22.4 Å². The Morgan fingerprint density at radius 2 is 1.54 bits per heavy atom. The summed E-state index contributed by atoms with van der Waals surface area (Å²) < 4.78 is 43.6. The molecule has 0 unspecified atom stereocenters. The molecule has 0 saturated carbocycles. The van der Waals surface area contributed by atoms with E-state index in [0.29, 0.717) is 48.4 Å². The summed E-state index contributed by atoms with van der Waals surface area (Å²) in [6.45, 7) is 4.25. The minimum atomic E-state index is -4.42. The molecule has 0 aliphatic rings. The Hall–Kier alpha value is -3.86. The van der Waals surface area contributed by atoms with Gasteiger partial charge in [0.1, 0.15) is 12.4 Å².